The molecule has 116 valence electrons. The molecule has 1 aromatic rings. The molecule has 4 nitrogen and oxygen atoms in total. The van der Waals surface area contributed by atoms with Gasteiger partial charge in [-0.1, -0.05) is 44.2 Å². The maximum absolute atomic E-state index is 12.6. The molecule has 0 aromatic heterocycles. The lowest BCUT2D eigenvalue weighted by molar-refractivity contribution is 0.0178. The Hall–Kier alpha value is -1.84. The molecule has 0 bridgehead atoms. The lowest BCUT2D eigenvalue weighted by atomic mass is 9.94. The molecule has 0 heterocycles. The average molecular weight is 291 g/mol. The van der Waals surface area contributed by atoms with Gasteiger partial charge in [0.15, 0.2) is 5.78 Å². The molecule has 0 aliphatic heterocycles. The lowest BCUT2D eigenvalue weighted by Gasteiger charge is -2.32. The zero-order valence-electron chi connectivity index (χ0n) is 13.7. The molecule has 0 N–H and O–H groups in total. The lowest BCUT2D eigenvalue weighted by Crippen LogP contribution is -2.47. The predicted octanol–water partition coefficient (Wildman–Crippen LogP) is 3.76. The van der Waals surface area contributed by atoms with Gasteiger partial charge in [-0.25, -0.2) is 4.79 Å². The summed E-state index contributed by atoms with van der Waals surface area (Å²) in [5.74, 6) is -0.0748. The number of ketones is 1. The summed E-state index contributed by atoms with van der Waals surface area (Å²) in [6.45, 7) is 9.27. The van der Waals surface area contributed by atoms with Crippen molar-refractivity contribution in [2.45, 2.75) is 46.3 Å². The molecule has 0 unspecified atom stereocenters. The van der Waals surface area contributed by atoms with E-state index in [9.17, 15) is 9.59 Å². The minimum atomic E-state index is -0.581. The Morgan fingerprint density at radius 3 is 2.05 bits per heavy atom. The molecular formula is C17H25NO3. The van der Waals surface area contributed by atoms with Crippen LogP contribution in [0.1, 0.15) is 45.0 Å². The van der Waals surface area contributed by atoms with Crippen LogP contribution in [-0.2, 0) is 4.74 Å². The Morgan fingerprint density at radius 1 is 1.10 bits per heavy atom. The van der Waals surface area contributed by atoms with Crippen LogP contribution in [0.5, 0.6) is 0 Å². The van der Waals surface area contributed by atoms with Gasteiger partial charge in [0.25, 0.3) is 0 Å². The van der Waals surface area contributed by atoms with Gasteiger partial charge in [0.1, 0.15) is 11.6 Å². The fourth-order valence-corrected chi connectivity index (χ4v) is 2.15. The second-order valence-electron chi connectivity index (χ2n) is 6.51. The van der Waals surface area contributed by atoms with Gasteiger partial charge in [0.2, 0.25) is 0 Å². The zero-order chi connectivity index (χ0) is 16.2. The Morgan fingerprint density at radius 2 is 1.62 bits per heavy atom. The van der Waals surface area contributed by atoms with E-state index < -0.39 is 17.7 Å². The van der Waals surface area contributed by atoms with E-state index in [0.717, 1.165) is 0 Å². The van der Waals surface area contributed by atoms with Crippen molar-refractivity contribution in [3.63, 3.8) is 0 Å². The van der Waals surface area contributed by atoms with Crippen LogP contribution in [0.3, 0.4) is 0 Å². The Bertz CT molecular complexity index is 489. The number of amides is 1. The molecule has 21 heavy (non-hydrogen) atoms. The number of ether oxygens (including phenoxy) is 1. The average Bonchev–Trinajstić information content (AvgIpc) is 2.37. The van der Waals surface area contributed by atoms with Gasteiger partial charge in [0.05, 0.1) is 0 Å². The first kappa shape index (κ1) is 17.2. The fraction of sp³-hybridized carbons (Fsp3) is 0.529. The largest absolute Gasteiger partial charge is 0.444 e. The van der Waals surface area contributed by atoms with E-state index in [4.69, 9.17) is 4.74 Å². The van der Waals surface area contributed by atoms with Crippen LogP contribution < -0.4 is 0 Å². The van der Waals surface area contributed by atoms with Gasteiger partial charge in [0, 0.05) is 12.6 Å². The third kappa shape index (κ3) is 4.88. The van der Waals surface area contributed by atoms with E-state index >= 15 is 0 Å². The van der Waals surface area contributed by atoms with E-state index in [0.29, 0.717) is 5.56 Å². The number of hydrogen-bond acceptors (Lipinski definition) is 3. The number of benzene rings is 1. The summed E-state index contributed by atoms with van der Waals surface area (Å²) in [7, 11) is 1.61. The van der Waals surface area contributed by atoms with Crippen LogP contribution in [0.25, 0.3) is 0 Å². The number of rotatable bonds is 4. The Labute approximate surface area is 127 Å². The van der Waals surface area contributed by atoms with Gasteiger partial charge in [-0.2, -0.15) is 0 Å². The van der Waals surface area contributed by atoms with E-state index in [1.165, 1.54) is 4.90 Å². The summed E-state index contributed by atoms with van der Waals surface area (Å²) in [5, 5.41) is 0. The minimum Gasteiger partial charge on any atom is -0.444 e. The number of carbonyl (C=O) groups is 2. The van der Waals surface area contributed by atoms with Gasteiger partial charge < -0.3 is 9.64 Å². The van der Waals surface area contributed by atoms with Crippen LogP contribution in [0.4, 0.5) is 4.79 Å². The highest BCUT2D eigenvalue weighted by atomic mass is 16.6. The van der Waals surface area contributed by atoms with Gasteiger partial charge in [-0.3, -0.25) is 4.79 Å². The first-order chi connectivity index (χ1) is 9.63. The van der Waals surface area contributed by atoms with Crippen molar-refractivity contribution >= 4 is 11.9 Å². The van der Waals surface area contributed by atoms with Crippen molar-refractivity contribution in [2.75, 3.05) is 7.05 Å². The van der Waals surface area contributed by atoms with E-state index in [-0.39, 0.29) is 11.7 Å². The highest BCUT2D eigenvalue weighted by Crippen LogP contribution is 2.18. The molecule has 0 aliphatic carbocycles. The number of carbonyl (C=O) groups excluding carboxylic acids is 2. The van der Waals surface area contributed by atoms with Gasteiger partial charge >= 0.3 is 6.09 Å². The third-order valence-corrected chi connectivity index (χ3v) is 3.06. The smallest absolute Gasteiger partial charge is 0.410 e. The fourth-order valence-electron chi connectivity index (χ4n) is 2.15. The molecule has 0 spiro atoms. The summed E-state index contributed by atoms with van der Waals surface area (Å²) in [6.07, 6.45) is -0.481. The van der Waals surface area contributed by atoms with Crippen molar-refractivity contribution in [3.8, 4) is 0 Å². The molecule has 1 rings (SSSR count). The van der Waals surface area contributed by atoms with E-state index in [2.05, 4.69) is 0 Å². The van der Waals surface area contributed by atoms with Crippen LogP contribution in [0.15, 0.2) is 30.3 Å². The number of nitrogens with zero attached hydrogens (tertiary/aromatic N) is 1. The zero-order valence-corrected chi connectivity index (χ0v) is 13.7. The molecule has 1 amide bonds. The first-order valence-electron chi connectivity index (χ1n) is 7.18. The van der Waals surface area contributed by atoms with Gasteiger partial charge in [-0.05, 0) is 26.7 Å². The molecule has 0 fully saturated rings. The Kier molecular flexibility index (Phi) is 5.53. The Balaban J connectivity index is 2.97. The molecule has 4 heteroatoms. The topological polar surface area (TPSA) is 46.6 Å². The van der Waals surface area contributed by atoms with E-state index in [1.54, 1.807) is 19.2 Å². The third-order valence-electron chi connectivity index (χ3n) is 3.06. The van der Waals surface area contributed by atoms with Crippen LogP contribution in [-0.4, -0.2) is 35.5 Å². The van der Waals surface area contributed by atoms with Crippen LogP contribution in [0.2, 0.25) is 0 Å². The molecule has 0 radical (unpaired) electrons. The molecule has 1 atom stereocenters. The number of hydrogen-bond donors (Lipinski definition) is 0. The first-order valence-corrected chi connectivity index (χ1v) is 7.18. The summed E-state index contributed by atoms with van der Waals surface area (Å²) >= 11 is 0. The summed E-state index contributed by atoms with van der Waals surface area (Å²) < 4.78 is 5.35. The van der Waals surface area contributed by atoms with Crippen LogP contribution in [0, 0.1) is 5.92 Å². The second kappa shape index (κ2) is 6.74. The van der Waals surface area contributed by atoms with Gasteiger partial charge in [-0.15, -0.1) is 0 Å². The van der Waals surface area contributed by atoms with Crippen molar-refractivity contribution in [2.24, 2.45) is 5.92 Å². The maximum Gasteiger partial charge on any atom is 0.410 e. The molecular weight excluding hydrogens is 266 g/mol. The predicted molar refractivity (Wildman–Crippen MR) is 83.4 cm³/mol. The quantitative estimate of drug-likeness (QED) is 0.793. The summed E-state index contributed by atoms with van der Waals surface area (Å²) in [5.41, 5.74) is 0.0227. The van der Waals surface area contributed by atoms with Crippen molar-refractivity contribution < 1.29 is 14.3 Å². The SMILES string of the molecule is CC(C)[C@H](C(=O)c1ccccc1)N(C)C(=O)OC(C)(C)C. The van der Waals surface area contributed by atoms with Crippen molar-refractivity contribution in [1.82, 2.24) is 4.90 Å². The minimum absolute atomic E-state index is 0.00442. The number of Topliss-reactive ketones (excluding diaryl/α,β-unsaturated/α-hetero) is 1. The normalized spacial score (nSPS) is 12.9. The van der Waals surface area contributed by atoms with Crippen molar-refractivity contribution in [3.05, 3.63) is 35.9 Å². The standard InChI is InChI=1S/C17H25NO3/c1-12(2)14(15(19)13-10-8-7-9-11-13)18(6)16(20)21-17(3,4)5/h7-12,14H,1-6H3/t14-/m1/s1. The molecule has 0 saturated carbocycles. The monoisotopic (exact) mass is 291 g/mol. The highest BCUT2D eigenvalue weighted by molar-refractivity contribution is 6.01. The second-order valence-corrected chi connectivity index (χ2v) is 6.51. The van der Waals surface area contributed by atoms with E-state index in [1.807, 2.05) is 52.8 Å². The van der Waals surface area contributed by atoms with Crippen molar-refractivity contribution in [1.29, 1.82) is 0 Å². The van der Waals surface area contributed by atoms with Crippen LogP contribution >= 0.6 is 0 Å². The summed E-state index contributed by atoms with van der Waals surface area (Å²) in [4.78, 5) is 26.2. The number of likely N-dealkylation sites (N-methyl/N-ethyl adjacent to an activating group) is 1. The highest BCUT2D eigenvalue weighted by Gasteiger charge is 2.32. The maximum atomic E-state index is 12.6. The molecule has 1 aromatic carbocycles. The molecule has 0 saturated heterocycles. The summed E-state index contributed by atoms with van der Waals surface area (Å²) in [6, 6.07) is 8.48. The molecule has 0 aliphatic rings.